The molecule has 2 atom stereocenters. The first-order valence-electron chi connectivity index (χ1n) is 6.33. The Kier molecular flexibility index (Phi) is 5.21. The highest BCUT2D eigenvalue weighted by molar-refractivity contribution is 9.10. The van der Waals surface area contributed by atoms with Crippen molar-refractivity contribution >= 4 is 33.2 Å². The lowest BCUT2D eigenvalue weighted by atomic mass is 9.92. The summed E-state index contributed by atoms with van der Waals surface area (Å²) in [6.45, 7) is 3.75. The van der Waals surface area contributed by atoms with E-state index in [0.717, 1.165) is 41.8 Å². The number of halogens is 1. The average Bonchev–Trinajstić information content (AvgIpc) is 2.83. The summed E-state index contributed by atoms with van der Waals surface area (Å²) in [4.78, 5) is 12.9. The monoisotopic (exact) mass is 331 g/mol. The lowest BCUT2D eigenvalue weighted by molar-refractivity contribution is 0.0377. The average molecular weight is 332 g/mol. The predicted molar refractivity (Wildman–Crippen MR) is 77.1 cm³/mol. The normalized spacial score (nSPS) is 21.6. The summed E-state index contributed by atoms with van der Waals surface area (Å²) < 4.78 is 6.46. The maximum absolute atomic E-state index is 12.1. The summed E-state index contributed by atoms with van der Waals surface area (Å²) >= 11 is 4.84. The highest BCUT2D eigenvalue weighted by Gasteiger charge is 2.24. The Hall–Kier alpha value is -0.390. The van der Waals surface area contributed by atoms with Gasteiger partial charge in [-0.2, -0.15) is 0 Å². The topological polar surface area (TPSA) is 38.3 Å². The zero-order valence-electron chi connectivity index (χ0n) is 10.4. The fraction of sp³-hybridized carbons (Fsp3) is 0.615. The number of hydrogen-bond acceptors (Lipinski definition) is 3. The minimum Gasteiger partial charge on any atom is -0.381 e. The molecule has 2 heterocycles. The van der Waals surface area contributed by atoms with Gasteiger partial charge in [0.15, 0.2) is 0 Å². The second-order valence-electron chi connectivity index (χ2n) is 4.59. The number of ether oxygens (including phenoxy) is 1. The van der Waals surface area contributed by atoms with E-state index >= 15 is 0 Å². The van der Waals surface area contributed by atoms with Gasteiger partial charge >= 0.3 is 0 Å². The van der Waals surface area contributed by atoms with Gasteiger partial charge < -0.3 is 10.1 Å². The molecule has 1 aromatic heterocycles. The predicted octanol–water partition coefficient (Wildman–Crippen LogP) is 3.45. The van der Waals surface area contributed by atoms with Gasteiger partial charge in [0, 0.05) is 28.4 Å². The largest absolute Gasteiger partial charge is 0.381 e. The van der Waals surface area contributed by atoms with E-state index in [4.69, 9.17) is 4.74 Å². The number of carbonyl (C=O) groups excluding carboxylic acids is 1. The van der Waals surface area contributed by atoms with E-state index in [1.54, 1.807) is 0 Å². The molecule has 2 unspecified atom stereocenters. The molecule has 1 fully saturated rings. The molecule has 0 radical (unpaired) electrons. The standard InChI is InChI=1S/C13H18BrNO2S/c1-2-11(9-4-3-5-17-7-9)15-13(16)12-6-10(14)8-18-12/h6,8-9,11H,2-5,7H2,1H3,(H,15,16). The van der Waals surface area contributed by atoms with Crippen molar-refractivity contribution in [3.05, 3.63) is 20.8 Å². The van der Waals surface area contributed by atoms with Gasteiger partial charge in [0.1, 0.15) is 0 Å². The Morgan fingerprint density at radius 3 is 3.11 bits per heavy atom. The van der Waals surface area contributed by atoms with Crippen LogP contribution in [0.1, 0.15) is 35.9 Å². The summed E-state index contributed by atoms with van der Waals surface area (Å²) in [7, 11) is 0. The van der Waals surface area contributed by atoms with Gasteiger partial charge in [0.05, 0.1) is 11.5 Å². The molecule has 18 heavy (non-hydrogen) atoms. The zero-order chi connectivity index (χ0) is 13.0. The number of nitrogens with one attached hydrogen (secondary N) is 1. The third-order valence-corrected chi connectivity index (χ3v) is 5.00. The van der Waals surface area contributed by atoms with E-state index in [1.807, 2.05) is 11.4 Å². The van der Waals surface area contributed by atoms with Crippen LogP contribution in [0, 0.1) is 5.92 Å². The van der Waals surface area contributed by atoms with Crippen LogP contribution in [0.25, 0.3) is 0 Å². The fourth-order valence-electron chi connectivity index (χ4n) is 2.31. The summed E-state index contributed by atoms with van der Waals surface area (Å²) in [5.74, 6) is 0.485. The van der Waals surface area contributed by atoms with Crippen LogP contribution in [0.15, 0.2) is 15.9 Å². The summed E-state index contributed by atoms with van der Waals surface area (Å²) in [5.41, 5.74) is 0. The number of rotatable bonds is 4. The van der Waals surface area contributed by atoms with E-state index in [9.17, 15) is 4.79 Å². The van der Waals surface area contributed by atoms with Crippen LogP contribution in [-0.2, 0) is 4.74 Å². The van der Waals surface area contributed by atoms with Crippen LogP contribution in [0.4, 0.5) is 0 Å². The van der Waals surface area contributed by atoms with E-state index in [-0.39, 0.29) is 11.9 Å². The minimum absolute atomic E-state index is 0.0307. The smallest absolute Gasteiger partial charge is 0.261 e. The van der Waals surface area contributed by atoms with E-state index in [1.165, 1.54) is 11.3 Å². The lowest BCUT2D eigenvalue weighted by Crippen LogP contribution is -2.42. The Bertz CT molecular complexity index is 401. The fourth-order valence-corrected chi connectivity index (χ4v) is 3.64. The highest BCUT2D eigenvalue weighted by Crippen LogP contribution is 2.22. The molecule has 100 valence electrons. The molecule has 0 saturated carbocycles. The van der Waals surface area contributed by atoms with Gasteiger partial charge in [-0.25, -0.2) is 0 Å². The molecule has 1 aliphatic heterocycles. The molecule has 0 bridgehead atoms. The quantitative estimate of drug-likeness (QED) is 0.917. The molecule has 1 saturated heterocycles. The second-order valence-corrected chi connectivity index (χ2v) is 6.42. The Morgan fingerprint density at radius 1 is 1.72 bits per heavy atom. The molecule has 3 nitrogen and oxygen atoms in total. The first-order valence-corrected chi connectivity index (χ1v) is 8.00. The molecular weight excluding hydrogens is 314 g/mol. The Labute approximate surface area is 120 Å². The van der Waals surface area contributed by atoms with Gasteiger partial charge in [-0.15, -0.1) is 11.3 Å². The molecule has 1 N–H and O–H groups in total. The van der Waals surface area contributed by atoms with Crippen LogP contribution in [-0.4, -0.2) is 25.2 Å². The highest BCUT2D eigenvalue weighted by atomic mass is 79.9. The van der Waals surface area contributed by atoms with Gasteiger partial charge in [-0.3, -0.25) is 4.79 Å². The van der Waals surface area contributed by atoms with Crippen molar-refractivity contribution in [2.45, 2.75) is 32.2 Å². The van der Waals surface area contributed by atoms with Crippen molar-refractivity contribution in [1.82, 2.24) is 5.32 Å². The van der Waals surface area contributed by atoms with Gasteiger partial charge in [-0.05, 0) is 41.3 Å². The second kappa shape index (κ2) is 6.68. The van der Waals surface area contributed by atoms with Crippen LogP contribution in [0.2, 0.25) is 0 Å². The summed E-state index contributed by atoms with van der Waals surface area (Å²) in [6, 6.07) is 2.09. The van der Waals surface area contributed by atoms with Gasteiger partial charge in [0.25, 0.3) is 5.91 Å². The molecule has 2 rings (SSSR count). The maximum Gasteiger partial charge on any atom is 0.261 e. The molecule has 1 amide bonds. The number of thiophene rings is 1. The van der Waals surface area contributed by atoms with Crippen molar-refractivity contribution < 1.29 is 9.53 Å². The summed E-state index contributed by atoms with van der Waals surface area (Å²) in [6.07, 6.45) is 3.20. The Balaban J connectivity index is 1.95. The minimum atomic E-state index is 0.0307. The van der Waals surface area contributed by atoms with Crippen LogP contribution < -0.4 is 5.32 Å². The van der Waals surface area contributed by atoms with Crippen molar-refractivity contribution in [2.24, 2.45) is 5.92 Å². The van der Waals surface area contributed by atoms with Crippen LogP contribution in [0.5, 0.6) is 0 Å². The molecular formula is C13H18BrNO2S. The lowest BCUT2D eigenvalue weighted by Gasteiger charge is -2.30. The Morgan fingerprint density at radius 2 is 2.56 bits per heavy atom. The van der Waals surface area contributed by atoms with Crippen molar-refractivity contribution in [3.63, 3.8) is 0 Å². The first kappa shape index (κ1) is 14.0. The number of amides is 1. The van der Waals surface area contributed by atoms with Crippen molar-refractivity contribution in [2.75, 3.05) is 13.2 Å². The van der Waals surface area contributed by atoms with Crippen LogP contribution in [0.3, 0.4) is 0 Å². The van der Waals surface area contributed by atoms with Crippen molar-refractivity contribution in [3.8, 4) is 0 Å². The van der Waals surface area contributed by atoms with E-state index in [2.05, 4.69) is 28.2 Å². The third-order valence-electron chi connectivity index (χ3n) is 3.31. The third kappa shape index (κ3) is 3.56. The first-order chi connectivity index (χ1) is 8.70. The molecule has 1 aliphatic rings. The maximum atomic E-state index is 12.1. The zero-order valence-corrected chi connectivity index (χ0v) is 12.9. The van der Waals surface area contributed by atoms with E-state index < -0.39 is 0 Å². The molecule has 1 aromatic rings. The molecule has 0 spiro atoms. The molecule has 0 aliphatic carbocycles. The van der Waals surface area contributed by atoms with Crippen molar-refractivity contribution in [1.29, 1.82) is 0 Å². The van der Waals surface area contributed by atoms with Gasteiger partial charge in [-0.1, -0.05) is 6.92 Å². The molecule has 0 aromatic carbocycles. The number of carbonyl (C=O) groups is 1. The van der Waals surface area contributed by atoms with Crippen LogP contribution >= 0.6 is 27.3 Å². The van der Waals surface area contributed by atoms with E-state index in [0.29, 0.717) is 5.92 Å². The summed E-state index contributed by atoms with van der Waals surface area (Å²) in [5, 5.41) is 5.07. The van der Waals surface area contributed by atoms with Gasteiger partial charge in [0.2, 0.25) is 0 Å². The number of hydrogen-bond donors (Lipinski definition) is 1. The SMILES string of the molecule is CCC(NC(=O)c1cc(Br)cs1)C1CCCOC1. The molecule has 5 heteroatoms.